The van der Waals surface area contributed by atoms with Crippen LogP contribution in [0, 0.1) is 11.7 Å². The van der Waals surface area contributed by atoms with Crippen LogP contribution in [0.2, 0.25) is 0 Å². The molecule has 0 saturated carbocycles. The standard InChI is InChI=1S/C25H26BrFN2O2S/c1-18(2)14-29(25(31)20-7-9-21(26)10-8-20)17-24(30)28(16-23-4-3-13-32-23)15-19-5-11-22(27)12-6-19/h3-13,18H,14-17H2,1-2H3. The van der Waals surface area contributed by atoms with E-state index in [-0.39, 0.29) is 30.1 Å². The molecule has 4 nitrogen and oxygen atoms in total. The van der Waals surface area contributed by atoms with E-state index in [0.717, 1.165) is 14.9 Å². The summed E-state index contributed by atoms with van der Waals surface area (Å²) in [6.07, 6.45) is 0. The molecule has 0 N–H and O–H groups in total. The monoisotopic (exact) mass is 516 g/mol. The zero-order valence-corrected chi connectivity index (χ0v) is 20.5. The van der Waals surface area contributed by atoms with Crippen LogP contribution in [0.4, 0.5) is 4.39 Å². The highest BCUT2D eigenvalue weighted by Gasteiger charge is 2.24. The molecular weight excluding hydrogens is 491 g/mol. The minimum atomic E-state index is -0.312. The average Bonchev–Trinajstić information content (AvgIpc) is 3.27. The van der Waals surface area contributed by atoms with Crippen LogP contribution in [0.3, 0.4) is 0 Å². The molecule has 0 fully saturated rings. The van der Waals surface area contributed by atoms with Gasteiger partial charge in [0.05, 0.1) is 6.54 Å². The highest BCUT2D eigenvalue weighted by molar-refractivity contribution is 9.10. The zero-order valence-electron chi connectivity index (χ0n) is 18.1. The first kappa shape index (κ1) is 24.1. The van der Waals surface area contributed by atoms with Crippen molar-refractivity contribution in [3.8, 4) is 0 Å². The minimum absolute atomic E-state index is 0.0142. The predicted molar refractivity (Wildman–Crippen MR) is 130 cm³/mol. The van der Waals surface area contributed by atoms with Gasteiger partial charge in [0.25, 0.3) is 5.91 Å². The van der Waals surface area contributed by atoms with Crippen LogP contribution in [0.25, 0.3) is 0 Å². The van der Waals surface area contributed by atoms with E-state index in [0.29, 0.717) is 25.2 Å². The molecule has 1 aromatic heterocycles. The van der Waals surface area contributed by atoms with Crippen molar-refractivity contribution in [1.82, 2.24) is 9.80 Å². The molecule has 0 aliphatic carbocycles. The van der Waals surface area contributed by atoms with Gasteiger partial charge in [0.1, 0.15) is 12.4 Å². The summed E-state index contributed by atoms with van der Waals surface area (Å²) in [6.45, 7) is 5.29. The average molecular weight is 517 g/mol. The van der Waals surface area contributed by atoms with Gasteiger partial charge in [-0.3, -0.25) is 9.59 Å². The second-order valence-electron chi connectivity index (χ2n) is 8.04. The van der Waals surface area contributed by atoms with E-state index >= 15 is 0 Å². The number of benzene rings is 2. The molecule has 3 rings (SSSR count). The summed E-state index contributed by atoms with van der Waals surface area (Å²) >= 11 is 4.96. The number of hydrogen-bond acceptors (Lipinski definition) is 3. The van der Waals surface area contributed by atoms with Crippen LogP contribution in [-0.4, -0.2) is 34.7 Å². The first-order valence-corrected chi connectivity index (χ1v) is 12.1. The van der Waals surface area contributed by atoms with E-state index in [9.17, 15) is 14.0 Å². The quantitative estimate of drug-likeness (QED) is 0.351. The number of thiophene rings is 1. The Morgan fingerprint density at radius 3 is 2.25 bits per heavy atom. The minimum Gasteiger partial charge on any atom is -0.332 e. The maximum absolute atomic E-state index is 13.4. The van der Waals surface area contributed by atoms with Gasteiger partial charge in [0, 0.05) is 28.0 Å². The summed E-state index contributed by atoms with van der Waals surface area (Å²) < 4.78 is 14.2. The van der Waals surface area contributed by atoms with E-state index in [1.54, 1.807) is 45.4 Å². The third-order valence-electron chi connectivity index (χ3n) is 4.86. The molecule has 0 spiro atoms. The van der Waals surface area contributed by atoms with Crippen LogP contribution >= 0.6 is 27.3 Å². The van der Waals surface area contributed by atoms with Crippen molar-refractivity contribution < 1.29 is 14.0 Å². The van der Waals surface area contributed by atoms with Gasteiger partial charge in [-0.15, -0.1) is 11.3 Å². The van der Waals surface area contributed by atoms with Gasteiger partial charge in [0.15, 0.2) is 0 Å². The third kappa shape index (κ3) is 7.00. The number of nitrogens with zero attached hydrogens (tertiary/aromatic N) is 2. The van der Waals surface area contributed by atoms with E-state index < -0.39 is 0 Å². The van der Waals surface area contributed by atoms with Crippen LogP contribution in [0.1, 0.15) is 34.6 Å². The van der Waals surface area contributed by atoms with Gasteiger partial charge in [-0.25, -0.2) is 4.39 Å². The third-order valence-corrected chi connectivity index (χ3v) is 6.25. The number of halogens is 2. The Labute approximate surface area is 200 Å². The van der Waals surface area contributed by atoms with Crippen LogP contribution in [0.5, 0.6) is 0 Å². The summed E-state index contributed by atoms with van der Waals surface area (Å²) in [5, 5.41) is 1.97. The molecule has 0 unspecified atom stereocenters. The van der Waals surface area contributed by atoms with E-state index in [4.69, 9.17) is 0 Å². The molecule has 0 saturated heterocycles. The van der Waals surface area contributed by atoms with Crippen molar-refractivity contribution in [2.45, 2.75) is 26.9 Å². The first-order valence-electron chi connectivity index (χ1n) is 10.4. The Morgan fingerprint density at radius 1 is 0.969 bits per heavy atom. The molecule has 0 radical (unpaired) electrons. The van der Waals surface area contributed by atoms with Gasteiger partial charge < -0.3 is 9.80 Å². The normalized spacial score (nSPS) is 10.9. The van der Waals surface area contributed by atoms with Gasteiger partial charge in [-0.2, -0.15) is 0 Å². The van der Waals surface area contributed by atoms with Gasteiger partial charge >= 0.3 is 0 Å². The van der Waals surface area contributed by atoms with E-state index in [1.807, 2.05) is 43.5 Å². The molecule has 168 valence electrons. The van der Waals surface area contributed by atoms with Crippen molar-refractivity contribution in [2.24, 2.45) is 5.92 Å². The summed E-state index contributed by atoms with van der Waals surface area (Å²) in [6, 6.07) is 17.2. The molecule has 0 atom stereocenters. The van der Waals surface area contributed by atoms with Crippen molar-refractivity contribution in [1.29, 1.82) is 0 Å². The highest BCUT2D eigenvalue weighted by atomic mass is 79.9. The fourth-order valence-electron chi connectivity index (χ4n) is 3.33. The van der Waals surface area contributed by atoms with Crippen molar-refractivity contribution in [3.63, 3.8) is 0 Å². The molecule has 7 heteroatoms. The molecule has 0 bridgehead atoms. The van der Waals surface area contributed by atoms with Crippen molar-refractivity contribution >= 4 is 39.1 Å². The number of carbonyl (C=O) groups is 2. The Morgan fingerprint density at radius 2 is 1.66 bits per heavy atom. The summed E-state index contributed by atoms with van der Waals surface area (Å²) in [7, 11) is 0. The maximum atomic E-state index is 13.4. The lowest BCUT2D eigenvalue weighted by Gasteiger charge is -2.29. The van der Waals surface area contributed by atoms with Gasteiger partial charge in [-0.05, 0) is 59.3 Å². The first-order chi connectivity index (χ1) is 15.3. The second kappa shape index (κ2) is 11.4. The fourth-order valence-corrected chi connectivity index (χ4v) is 4.32. The Balaban J connectivity index is 1.80. The summed E-state index contributed by atoms with van der Waals surface area (Å²) in [5.41, 5.74) is 1.39. The molecular formula is C25H26BrFN2O2S. The smallest absolute Gasteiger partial charge is 0.254 e. The van der Waals surface area contributed by atoms with Crippen LogP contribution < -0.4 is 0 Å². The predicted octanol–water partition coefficient (Wildman–Crippen LogP) is 5.98. The molecule has 0 aliphatic rings. The molecule has 32 heavy (non-hydrogen) atoms. The van der Waals surface area contributed by atoms with Gasteiger partial charge in [-0.1, -0.05) is 48.0 Å². The maximum Gasteiger partial charge on any atom is 0.254 e. The van der Waals surface area contributed by atoms with Gasteiger partial charge in [0.2, 0.25) is 5.91 Å². The highest BCUT2D eigenvalue weighted by Crippen LogP contribution is 2.17. The molecule has 2 amide bonds. The Bertz CT molecular complexity index is 1020. The summed E-state index contributed by atoms with van der Waals surface area (Å²) in [5.74, 6) is -0.413. The van der Waals surface area contributed by atoms with E-state index in [2.05, 4.69) is 15.9 Å². The Hall–Kier alpha value is -2.51. The molecule has 1 heterocycles. The SMILES string of the molecule is CC(C)CN(CC(=O)N(Cc1ccc(F)cc1)Cc1cccs1)C(=O)c1ccc(Br)cc1. The number of amides is 2. The largest absolute Gasteiger partial charge is 0.332 e. The lowest BCUT2D eigenvalue weighted by atomic mass is 10.1. The number of rotatable bonds is 9. The molecule has 3 aromatic rings. The van der Waals surface area contributed by atoms with Crippen LogP contribution in [-0.2, 0) is 17.9 Å². The number of carbonyl (C=O) groups excluding carboxylic acids is 2. The topological polar surface area (TPSA) is 40.6 Å². The van der Waals surface area contributed by atoms with Crippen molar-refractivity contribution in [2.75, 3.05) is 13.1 Å². The molecule has 2 aromatic carbocycles. The molecule has 0 aliphatic heterocycles. The lowest BCUT2D eigenvalue weighted by Crippen LogP contribution is -2.43. The lowest BCUT2D eigenvalue weighted by molar-refractivity contribution is -0.133. The van der Waals surface area contributed by atoms with E-state index in [1.165, 1.54) is 12.1 Å². The fraction of sp³-hybridized carbons (Fsp3) is 0.280. The Kier molecular flexibility index (Phi) is 8.59. The number of hydrogen-bond donors (Lipinski definition) is 0. The second-order valence-corrected chi connectivity index (χ2v) is 9.99. The van der Waals surface area contributed by atoms with Crippen LogP contribution in [0.15, 0.2) is 70.5 Å². The summed E-state index contributed by atoms with van der Waals surface area (Å²) in [4.78, 5) is 30.9. The van der Waals surface area contributed by atoms with Crippen molar-refractivity contribution in [3.05, 3.63) is 92.3 Å². The zero-order chi connectivity index (χ0) is 23.1.